The Morgan fingerprint density at radius 1 is 1.48 bits per heavy atom. The van der Waals surface area contributed by atoms with Crippen LogP contribution in [0.25, 0.3) is 0 Å². The third kappa shape index (κ3) is 3.86. The number of carbonyl (C=O) groups excluding carboxylic acids is 1. The fourth-order valence-electron chi connectivity index (χ4n) is 1.98. The average Bonchev–Trinajstić information content (AvgIpc) is 2.84. The van der Waals surface area contributed by atoms with Crippen molar-refractivity contribution in [2.45, 2.75) is 4.90 Å². The zero-order valence-corrected chi connectivity index (χ0v) is 13.8. The molecular weight excluding hydrogens is 362 g/mol. The second-order valence-electron chi connectivity index (χ2n) is 4.41. The number of urea groups is 1. The van der Waals surface area contributed by atoms with Crippen LogP contribution in [0.3, 0.4) is 0 Å². The van der Waals surface area contributed by atoms with E-state index < -0.39 is 10.0 Å². The van der Waals surface area contributed by atoms with Gasteiger partial charge in [0, 0.05) is 30.7 Å². The zero-order valence-electron chi connectivity index (χ0n) is 11.4. The van der Waals surface area contributed by atoms with Crippen molar-refractivity contribution in [1.29, 1.82) is 0 Å². The molecule has 1 aliphatic heterocycles. The molecule has 1 aromatic carbocycles. The normalized spacial score (nSPS) is 15.1. The number of amides is 2. The number of methoxy groups -OCH3 is 1. The molecule has 21 heavy (non-hydrogen) atoms. The van der Waals surface area contributed by atoms with Crippen LogP contribution in [0, 0.1) is 0 Å². The van der Waals surface area contributed by atoms with Gasteiger partial charge in [-0.05, 0) is 18.2 Å². The minimum atomic E-state index is -3.70. The highest BCUT2D eigenvalue weighted by Crippen LogP contribution is 2.26. The number of nitrogens with zero attached hydrogens (tertiary/aromatic N) is 1. The minimum Gasteiger partial charge on any atom is -0.495 e. The van der Waals surface area contributed by atoms with E-state index in [0.717, 1.165) is 0 Å². The van der Waals surface area contributed by atoms with E-state index in [1.165, 1.54) is 13.2 Å². The molecule has 0 aliphatic carbocycles. The van der Waals surface area contributed by atoms with Crippen LogP contribution < -0.4 is 14.8 Å². The smallest absolute Gasteiger partial charge is 0.317 e. The molecule has 0 atom stereocenters. The Morgan fingerprint density at radius 3 is 2.86 bits per heavy atom. The summed E-state index contributed by atoms with van der Waals surface area (Å²) in [5, 5.41) is 2.66. The van der Waals surface area contributed by atoms with Crippen molar-refractivity contribution in [3.63, 3.8) is 0 Å². The molecule has 0 bridgehead atoms. The van der Waals surface area contributed by atoms with Crippen LogP contribution in [0.5, 0.6) is 5.75 Å². The van der Waals surface area contributed by atoms with Gasteiger partial charge in [-0.25, -0.2) is 17.9 Å². The second kappa shape index (κ2) is 6.63. The highest BCUT2D eigenvalue weighted by atomic mass is 79.9. The fraction of sp³-hybridized carbons (Fsp3) is 0.417. The van der Waals surface area contributed by atoms with Gasteiger partial charge in [0.1, 0.15) is 10.6 Å². The number of nitrogens with one attached hydrogen (secondary N) is 2. The molecule has 0 aromatic heterocycles. The van der Waals surface area contributed by atoms with E-state index in [9.17, 15) is 13.2 Å². The standard InChI is InChI=1S/C12H16BrN3O4S/c1-20-10-3-2-9(13)8-11(10)21(18,19)15-5-7-16-6-4-14-12(16)17/h2-3,8,15H,4-7H2,1H3,(H,14,17). The minimum absolute atomic E-state index is 0.0604. The van der Waals surface area contributed by atoms with Gasteiger partial charge in [0.15, 0.2) is 0 Å². The number of benzene rings is 1. The zero-order chi connectivity index (χ0) is 15.5. The monoisotopic (exact) mass is 377 g/mol. The van der Waals surface area contributed by atoms with Crippen LogP contribution in [-0.2, 0) is 10.0 Å². The van der Waals surface area contributed by atoms with Crippen molar-refractivity contribution in [2.75, 3.05) is 33.3 Å². The molecule has 7 nitrogen and oxygen atoms in total. The summed E-state index contributed by atoms with van der Waals surface area (Å²) in [7, 11) is -2.28. The highest BCUT2D eigenvalue weighted by Gasteiger charge is 2.22. The largest absolute Gasteiger partial charge is 0.495 e. The van der Waals surface area contributed by atoms with E-state index in [1.54, 1.807) is 17.0 Å². The van der Waals surface area contributed by atoms with Crippen molar-refractivity contribution in [3.8, 4) is 5.75 Å². The van der Waals surface area contributed by atoms with Gasteiger partial charge >= 0.3 is 6.03 Å². The van der Waals surface area contributed by atoms with Gasteiger partial charge in [-0.2, -0.15) is 0 Å². The maximum Gasteiger partial charge on any atom is 0.317 e. The van der Waals surface area contributed by atoms with Gasteiger partial charge in [0.25, 0.3) is 0 Å². The van der Waals surface area contributed by atoms with Gasteiger partial charge in [-0.15, -0.1) is 0 Å². The molecule has 0 saturated carbocycles. The summed E-state index contributed by atoms with van der Waals surface area (Å²) in [5.74, 6) is 0.268. The van der Waals surface area contributed by atoms with Gasteiger partial charge in [0.05, 0.1) is 7.11 Å². The van der Waals surface area contributed by atoms with E-state index >= 15 is 0 Å². The number of sulfonamides is 1. The number of hydrogen-bond donors (Lipinski definition) is 2. The molecule has 2 N–H and O–H groups in total. The third-order valence-corrected chi connectivity index (χ3v) is 5.01. The quantitative estimate of drug-likeness (QED) is 0.765. The Bertz CT molecular complexity index is 635. The molecule has 1 aliphatic rings. The third-order valence-electron chi connectivity index (χ3n) is 3.03. The molecule has 116 valence electrons. The molecule has 9 heteroatoms. The maximum atomic E-state index is 12.3. The molecule has 1 fully saturated rings. The summed E-state index contributed by atoms with van der Waals surface area (Å²) < 4.78 is 32.8. The van der Waals surface area contributed by atoms with Gasteiger partial charge in [-0.1, -0.05) is 15.9 Å². The molecule has 1 aromatic rings. The average molecular weight is 378 g/mol. The molecule has 0 radical (unpaired) electrons. The van der Waals surface area contributed by atoms with Crippen molar-refractivity contribution in [2.24, 2.45) is 0 Å². The second-order valence-corrected chi connectivity index (χ2v) is 7.06. The maximum absolute atomic E-state index is 12.3. The number of halogens is 1. The van der Waals surface area contributed by atoms with Crippen LogP contribution in [0.2, 0.25) is 0 Å². The number of rotatable bonds is 6. The Balaban J connectivity index is 2.04. The van der Waals surface area contributed by atoms with Crippen molar-refractivity contribution < 1.29 is 17.9 Å². The predicted octanol–water partition coefficient (Wildman–Crippen LogP) is 0.761. The molecule has 0 spiro atoms. The van der Waals surface area contributed by atoms with Crippen LogP contribution >= 0.6 is 15.9 Å². The lowest BCUT2D eigenvalue weighted by atomic mass is 10.3. The van der Waals surface area contributed by atoms with Crippen molar-refractivity contribution in [3.05, 3.63) is 22.7 Å². The summed E-state index contributed by atoms with van der Waals surface area (Å²) in [5.41, 5.74) is 0. The lowest BCUT2D eigenvalue weighted by Gasteiger charge is -2.15. The first kappa shape index (κ1) is 16.1. The molecule has 1 heterocycles. The summed E-state index contributed by atoms with van der Waals surface area (Å²) in [6.45, 7) is 1.64. The SMILES string of the molecule is COc1ccc(Br)cc1S(=O)(=O)NCCN1CCNC1=O. The molecule has 1 saturated heterocycles. The Hall–Kier alpha value is -1.32. The van der Waals surface area contributed by atoms with E-state index in [1.807, 2.05) is 0 Å². The number of carbonyl (C=O) groups is 1. The first-order valence-corrected chi connectivity index (χ1v) is 8.57. The van der Waals surface area contributed by atoms with Crippen molar-refractivity contribution >= 4 is 32.0 Å². The van der Waals surface area contributed by atoms with Crippen LogP contribution in [0.1, 0.15) is 0 Å². The molecule has 2 amide bonds. The topological polar surface area (TPSA) is 87.7 Å². The Morgan fingerprint density at radius 2 is 2.24 bits per heavy atom. The van der Waals surface area contributed by atoms with Crippen LogP contribution in [0.15, 0.2) is 27.6 Å². The predicted molar refractivity (Wildman–Crippen MR) is 80.9 cm³/mol. The fourth-order valence-corrected chi connectivity index (χ4v) is 3.70. The van der Waals surface area contributed by atoms with Gasteiger partial charge in [-0.3, -0.25) is 0 Å². The summed E-state index contributed by atoms with van der Waals surface area (Å²) in [4.78, 5) is 13.0. The van der Waals surface area contributed by atoms with E-state index in [-0.39, 0.29) is 23.2 Å². The van der Waals surface area contributed by atoms with E-state index in [4.69, 9.17) is 4.74 Å². The molecule has 2 rings (SSSR count). The Kier molecular flexibility index (Phi) is 5.07. The van der Waals surface area contributed by atoms with Crippen molar-refractivity contribution in [1.82, 2.24) is 14.9 Å². The summed E-state index contributed by atoms with van der Waals surface area (Å²) in [6, 6.07) is 4.58. The summed E-state index contributed by atoms with van der Waals surface area (Å²) in [6.07, 6.45) is 0. The van der Waals surface area contributed by atoms with Crippen LogP contribution in [-0.4, -0.2) is 52.6 Å². The van der Waals surface area contributed by atoms with Gasteiger partial charge < -0.3 is 15.0 Å². The lowest BCUT2D eigenvalue weighted by molar-refractivity contribution is 0.218. The molecule has 0 unspecified atom stereocenters. The lowest BCUT2D eigenvalue weighted by Crippen LogP contribution is -2.36. The highest BCUT2D eigenvalue weighted by molar-refractivity contribution is 9.10. The van der Waals surface area contributed by atoms with E-state index in [0.29, 0.717) is 24.1 Å². The number of hydrogen-bond acceptors (Lipinski definition) is 4. The molecular formula is C12H16BrN3O4S. The Labute approximate surface area is 131 Å². The van der Waals surface area contributed by atoms with Crippen LogP contribution in [0.4, 0.5) is 4.79 Å². The first-order chi connectivity index (χ1) is 9.94. The summed E-state index contributed by atoms with van der Waals surface area (Å²) >= 11 is 3.24. The van der Waals surface area contributed by atoms with Gasteiger partial charge in [0.2, 0.25) is 10.0 Å². The number of ether oxygens (including phenoxy) is 1. The van der Waals surface area contributed by atoms with E-state index in [2.05, 4.69) is 26.0 Å². The first-order valence-electron chi connectivity index (χ1n) is 6.30.